The molecule has 4 heteroatoms. The van der Waals surface area contributed by atoms with Crippen molar-refractivity contribution in [3.63, 3.8) is 0 Å². The van der Waals surface area contributed by atoms with E-state index in [9.17, 15) is 0 Å². The zero-order valence-corrected chi connectivity index (χ0v) is 10.5. The molecule has 1 aromatic rings. The van der Waals surface area contributed by atoms with Crippen LogP contribution in [0.1, 0.15) is 18.2 Å². The third-order valence-electron chi connectivity index (χ3n) is 1.73. The van der Waals surface area contributed by atoms with Crippen LogP contribution in [0.2, 0.25) is 4.34 Å². The van der Waals surface area contributed by atoms with E-state index in [4.69, 9.17) is 17.3 Å². The van der Waals surface area contributed by atoms with E-state index >= 15 is 0 Å². The highest BCUT2D eigenvalue weighted by atomic mass is 79.9. The summed E-state index contributed by atoms with van der Waals surface area (Å²) in [5, 5.41) is 0. The Kier molecular flexibility index (Phi) is 4.46. The van der Waals surface area contributed by atoms with Crippen LogP contribution in [-0.4, -0.2) is 6.54 Å². The molecule has 1 rings (SSSR count). The van der Waals surface area contributed by atoms with Gasteiger partial charge >= 0.3 is 0 Å². The lowest BCUT2D eigenvalue weighted by molar-refractivity contribution is 1.02. The lowest BCUT2D eigenvalue weighted by atomic mass is 10.2. The minimum absolute atomic E-state index is 0.615. The molecule has 0 spiro atoms. The van der Waals surface area contributed by atoms with Gasteiger partial charge in [0.2, 0.25) is 0 Å². The number of nitrogens with two attached hydrogens (primary N) is 1. The molecule has 72 valence electrons. The molecule has 0 aromatic carbocycles. The van der Waals surface area contributed by atoms with Crippen molar-refractivity contribution < 1.29 is 0 Å². The van der Waals surface area contributed by atoms with Gasteiger partial charge in [0.15, 0.2) is 0 Å². The highest BCUT2D eigenvalue weighted by molar-refractivity contribution is 9.10. The van der Waals surface area contributed by atoms with Crippen LogP contribution in [0.15, 0.2) is 16.1 Å². The first-order chi connectivity index (χ1) is 6.17. The van der Waals surface area contributed by atoms with Gasteiger partial charge in [-0.15, -0.1) is 11.3 Å². The van der Waals surface area contributed by atoms with E-state index in [2.05, 4.69) is 28.9 Å². The SMILES string of the molecule is CCC(=Cc1cc(Br)c(Cl)s1)CN. The molecule has 0 aliphatic carbocycles. The summed E-state index contributed by atoms with van der Waals surface area (Å²) in [6.07, 6.45) is 3.09. The highest BCUT2D eigenvalue weighted by Gasteiger charge is 2.02. The van der Waals surface area contributed by atoms with Crippen molar-refractivity contribution in [1.82, 2.24) is 0 Å². The van der Waals surface area contributed by atoms with E-state index in [0.717, 1.165) is 20.1 Å². The smallest absolute Gasteiger partial charge is 0.108 e. The molecule has 0 radical (unpaired) electrons. The van der Waals surface area contributed by atoms with Crippen LogP contribution in [0.3, 0.4) is 0 Å². The summed E-state index contributed by atoms with van der Waals surface area (Å²) in [4.78, 5) is 1.15. The van der Waals surface area contributed by atoms with E-state index in [-0.39, 0.29) is 0 Å². The average molecular weight is 281 g/mol. The summed E-state index contributed by atoms with van der Waals surface area (Å²) in [5.41, 5.74) is 6.81. The molecular formula is C9H11BrClNS. The molecule has 0 unspecified atom stereocenters. The minimum atomic E-state index is 0.615. The van der Waals surface area contributed by atoms with Gasteiger partial charge in [-0.1, -0.05) is 24.1 Å². The van der Waals surface area contributed by atoms with Gasteiger partial charge in [0, 0.05) is 15.9 Å². The molecule has 0 bridgehead atoms. The normalized spacial score (nSPS) is 12.2. The van der Waals surface area contributed by atoms with Crippen molar-refractivity contribution in [2.75, 3.05) is 6.54 Å². The zero-order chi connectivity index (χ0) is 9.84. The summed E-state index contributed by atoms with van der Waals surface area (Å²) in [5.74, 6) is 0. The fourth-order valence-corrected chi connectivity index (χ4v) is 2.67. The van der Waals surface area contributed by atoms with Gasteiger partial charge in [-0.05, 0) is 34.5 Å². The van der Waals surface area contributed by atoms with E-state index in [1.54, 1.807) is 11.3 Å². The van der Waals surface area contributed by atoms with Gasteiger partial charge in [-0.25, -0.2) is 0 Å². The van der Waals surface area contributed by atoms with Crippen LogP contribution in [-0.2, 0) is 0 Å². The van der Waals surface area contributed by atoms with Crippen molar-refractivity contribution in [1.29, 1.82) is 0 Å². The topological polar surface area (TPSA) is 26.0 Å². The summed E-state index contributed by atoms with van der Waals surface area (Å²) < 4.78 is 1.75. The Balaban J connectivity index is 2.89. The molecule has 0 aliphatic rings. The molecular weight excluding hydrogens is 270 g/mol. The van der Waals surface area contributed by atoms with Crippen molar-refractivity contribution >= 4 is 44.9 Å². The first kappa shape index (κ1) is 11.2. The maximum atomic E-state index is 5.91. The van der Waals surface area contributed by atoms with E-state index in [1.807, 2.05) is 6.07 Å². The van der Waals surface area contributed by atoms with Gasteiger partial charge in [0.05, 0.1) is 0 Å². The van der Waals surface area contributed by atoms with Gasteiger partial charge in [-0.2, -0.15) is 0 Å². The highest BCUT2D eigenvalue weighted by Crippen LogP contribution is 2.33. The quantitative estimate of drug-likeness (QED) is 0.892. The Hall–Kier alpha value is 0.170. The van der Waals surface area contributed by atoms with Crippen molar-refractivity contribution in [3.05, 3.63) is 25.3 Å². The van der Waals surface area contributed by atoms with Crippen LogP contribution in [0.5, 0.6) is 0 Å². The monoisotopic (exact) mass is 279 g/mol. The van der Waals surface area contributed by atoms with Crippen molar-refractivity contribution in [2.24, 2.45) is 5.73 Å². The lowest BCUT2D eigenvalue weighted by Gasteiger charge is -1.97. The molecule has 1 aromatic heterocycles. The van der Waals surface area contributed by atoms with Crippen LogP contribution in [0.25, 0.3) is 6.08 Å². The van der Waals surface area contributed by atoms with Gasteiger partial charge in [0.1, 0.15) is 4.34 Å². The number of hydrogen-bond acceptors (Lipinski definition) is 2. The average Bonchev–Trinajstić information content (AvgIpc) is 2.42. The van der Waals surface area contributed by atoms with Crippen LogP contribution < -0.4 is 5.73 Å². The minimum Gasteiger partial charge on any atom is -0.327 e. The summed E-state index contributed by atoms with van der Waals surface area (Å²) in [6.45, 7) is 2.71. The maximum absolute atomic E-state index is 5.91. The number of thiophene rings is 1. The Morgan fingerprint density at radius 2 is 2.46 bits per heavy atom. The lowest BCUT2D eigenvalue weighted by Crippen LogP contribution is -2.01. The molecule has 13 heavy (non-hydrogen) atoms. The number of rotatable bonds is 3. The molecule has 0 amide bonds. The van der Waals surface area contributed by atoms with Crippen molar-refractivity contribution in [2.45, 2.75) is 13.3 Å². The fourth-order valence-electron chi connectivity index (χ4n) is 0.941. The van der Waals surface area contributed by atoms with E-state index in [1.165, 1.54) is 5.57 Å². The van der Waals surface area contributed by atoms with E-state index < -0.39 is 0 Å². The van der Waals surface area contributed by atoms with Crippen LogP contribution >= 0.6 is 38.9 Å². The first-order valence-corrected chi connectivity index (χ1v) is 6.00. The molecule has 0 fully saturated rings. The first-order valence-electron chi connectivity index (χ1n) is 4.01. The molecule has 0 aliphatic heterocycles. The third kappa shape index (κ3) is 3.09. The molecule has 1 heterocycles. The summed E-state index contributed by atoms with van der Waals surface area (Å²) >= 11 is 10.8. The van der Waals surface area contributed by atoms with Gasteiger partial charge in [0.25, 0.3) is 0 Å². The maximum Gasteiger partial charge on any atom is 0.108 e. The Morgan fingerprint density at radius 3 is 2.85 bits per heavy atom. The number of hydrogen-bond donors (Lipinski definition) is 1. The van der Waals surface area contributed by atoms with Gasteiger partial charge in [-0.3, -0.25) is 0 Å². The van der Waals surface area contributed by atoms with Gasteiger partial charge < -0.3 is 5.73 Å². The Bertz CT molecular complexity index is 294. The zero-order valence-electron chi connectivity index (χ0n) is 7.31. The predicted molar refractivity (Wildman–Crippen MR) is 64.4 cm³/mol. The molecule has 0 saturated carbocycles. The standard InChI is InChI=1S/C9H11BrClNS/c1-2-6(5-12)3-7-4-8(10)9(11)13-7/h3-4H,2,5,12H2,1H3. The molecule has 0 atom stereocenters. The Morgan fingerprint density at radius 1 is 1.77 bits per heavy atom. The molecule has 1 nitrogen and oxygen atoms in total. The number of halogens is 2. The van der Waals surface area contributed by atoms with Crippen LogP contribution in [0.4, 0.5) is 0 Å². The third-order valence-corrected chi connectivity index (χ3v) is 4.15. The fraction of sp³-hybridized carbons (Fsp3) is 0.333. The van der Waals surface area contributed by atoms with E-state index in [0.29, 0.717) is 6.54 Å². The van der Waals surface area contributed by atoms with Crippen molar-refractivity contribution in [3.8, 4) is 0 Å². The molecule has 0 saturated heterocycles. The Labute approximate surface area is 95.7 Å². The predicted octanol–water partition coefficient (Wildman–Crippen LogP) is 3.92. The largest absolute Gasteiger partial charge is 0.327 e. The second-order valence-corrected chi connectivity index (χ2v) is 5.17. The summed E-state index contributed by atoms with van der Waals surface area (Å²) in [7, 11) is 0. The van der Waals surface area contributed by atoms with Crippen LogP contribution in [0, 0.1) is 0 Å². The molecule has 2 N–H and O–H groups in total. The summed E-state index contributed by atoms with van der Waals surface area (Å²) in [6, 6.07) is 2.01. The second-order valence-electron chi connectivity index (χ2n) is 2.63. The second kappa shape index (κ2) is 5.15.